The van der Waals surface area contributed by atoms with Gasteiger partial charge in [0, 0.05) is 27.0 Å². The van der Waals surface area contributed by atoms with Gasteiger partial charge in [-0.2, -0.15) is 0 Å². The summed E-state index contributed by atoms with van der Waals surface area (Å²) in [4.78, 5) is 19.5. The Morgan fingerprint density at radius 1 is 1.17 bits per heavy atom. The average molecular weight is 372 g/mol. The molecule has 18 heavy (non-hydrogen) atoms. The normalized spacial score (nSPS) is 10.1. The van der Waals surface area contributed by atoms with Crippen molar-refractivity contribution in [2.75, 3.05) is 11.1 Å². The Hall–Kier alpha value is -1.47. The zero-order valence-electron chi connectivity index (χ0n) is 9.02. The molecule has 0 saturated heterocycles. The highest BCUT2D eigenvalue weighted by atomic mass is 79.9. The van der Waals surface area contributed by atoms with Gasteiger partial charge in [0.2, 0.25) is 0 Å². The van der Waals surface area contributed by atoms with Crippen LogP contribution >= 0.6 is 31.9 Å². The van der Waals surface area contributed by atoms with Crippen LogP contribution in [-0.4, -0.2) is 15.9 Å². The number of nitrogens with zero attached hydrogens (tertiary/aromatic N) is 2. The van der Waals surface area contributed by atoms with Gasteiger partial charge in [-0.15, -0.1) is 0 Å². The lowest BCUT2D eigenvalue weighted by Gasteiger charge is -2.10. The third-order valence-electron chi connectivity index (χ3n) is 2.13. The Morgan fingerprint density at radius 2 is 1.72 bits per heavy atom. The van der Waals surface area contributed by atoms with Crippen LogP contribution in [0.5, 0.6) is 0 Å². The summed E-state index contributed by atoms with van der Waals surface area (Å²) >= 11 is 6.69. The second-order valence-corrected chi connectivity index (χ2v) is 5.15. The lowest BCUT2D eigenvalue weighted by molar-refractivity contribution is 0.102. The van der Waals surface area contributed by atoms with Crippen LogP contribution in [0.4, 0.5) is 11.4 Å². The zero-order chi connectivity index (χ0) is 13.1. The molecule has 0 fully saturated rings. The Bertz CT molecular complexity index is 566. The molecule has 1 aromatic carbocycles. The van der Waals surface area contributed by atoms with E-state index in [0.29, 0.717) is 25.9 Å². The van der Waals surface area contributed by atoms with E-state index in [4.69, 9.17) is 5.73 Å². The molecule has 1 amide bonds. The third-order valence-corrected chi connectivity index (χ3v) is 3.38. The predicted octanol–water partition coefficient (Wildman–Crippen LogP) is 2.84. The second kappa shape index (κ2) is 5.45. The smallest absolute Gasteiger partial charge is 0.258 e. The minimum absolute atomic E-state index is 0.290. The highest BCUT2D eigenvalue weighted by Gasteiger charge is 2.12. The van der Waals surface area contributed by atoms with Crippen LogP contribution < -0.4 is 11.1 Å². The van der Waals surface area contributed by atoms with Crippen LogP contribution in [0.2, 0.25) is 0 Å². The minimum atomic E-state index is -0.290. The summed E-state index contributed by atoms with van der Waals surface area (Å²) in [6.07, 6.45) is 4.26. The summed E-state index contributed by atoms with van der Waals surface area (Å²) in [7, 11) is 0. The Morgan fingerprint density at radius 3 is 2.28 bits per heavy atom. The molecule has 0 atom stereocenters. The second-order valence-electron chi connectivity index (χ2n) is 3.44. The van der Waals surface area contributed by atoms with Gasteiger partial charge in [-0.1, -0.05) is 0 Å². The molecular formula is C11H8Br2N4O. The minimum Gasteiger partial charge on any atom is -0.399 e. The first kappa shape index (κ1) is 13.0. The lowest BCUT2D eigenvalue weighted by atomic mass is 10.2. The molecule has 5 nitrogen and oxygen atoms in total. The van der Waals surface area contributed by atoms with Crippen molar-refractivity contribution in [1.82, 2.24) is 9.97 Å². The van der Waals surface area contributed by atoms with Crippen LogP contribution in [0.25, 0.3) is 0 Å². The number of carbonyl (C=O) groups is 1. The molecule has 0 bridgehead atoms. The molecule has 0 radical (unpaired) electrons. The maximum Gasteiger partial charge on any atom is 0.258 e. The van der Waals surface area contributed by atoms with Crippen molar-refractivity contribution in [3.63, 3.8) is 0 Å². The van der Waals surface area contributed by atoms with Crippen LogP contribution in [0, 0.1) is 0 Å². The summed E-state index contributed by atoms with van der Waals surface area (Å²) in [5, 5.41) is 2.75. The molecule has 3 N–H and O–H groups in total. The van der Waals surface area contributed by atoms with Gasteiger partial charge < -0.3 is 11.1 Å². The van der Waals surface area contributed by atoms with Crippen LogP contribution in [-0.2, 0) is 0 Å². The zero-order valence-corrected chi connectivity index (χ0v) is 12.2. The van der Waals surface area contributed by atoms with Gasteiger partial charge in [-0.25, -0.2) is 9.97 Å². The van der Waals surface area contributed by atoms with Crippen molar-refractivity contribution in [2.24, 2.45) is 0 Å². The maximum atomic E-state index is 11.9. The highest BCUT2D eigenvalue weighted by molar-refractivity contribution is 9.11. The van der Waals surface area contributed by atoms with Crippen LogP contribution in [0.3, 0.4) is 0 Å². The number of carbonyl (C=O) groups excluding carboxylic acids is 1. The van der Waals surface area contributed by atoms with E-state index in [0.717, 1.165) is 0 Å². The van der Waals surface area contributed by atoms with Crippen molar-refractivity contribution in [3.05, 3.63) is 45.4 Å². The van der Waals surface area contributed by atoms with Gasteiger partial charge in [0.05, 0.1) is 11.3 Å². The predicted molar refractivity (Wildman–Crippen MR) is 76.2 cm³/mol. The molecule has 1 aromatic heterocycles. The topological polar surface area (TPSA) is 80.9 Å². The molecule has 0 aliphatic heterocycles. The number of halogens is 2. The van der Waals surface area contributed by atoms with E-state index in [1.807, 2.05) is 0 Å². The first-order chi connectivity index (χ1) is 8.58. The van der Waals surface area contributed by atoms with Gasteiger partial charge in [0.25, 0.3) is 5.91 Å². The summed E-state index contributed by atoms with van der Waals surface area (Å²) in [6, 6.07) is 3.42. The molecule has 92 valence electrons. The number of benzene rings is 1. The fourth-order valence-electron chi connectivity index (χ4n) is 1.31. The van der Waals surface area contributed by atoms with E-state index in [-0.39, 0.29) is 5.91 Å². The van der Waals surface area contributed by atoms with E-state index < -0.39 is 0 Å². The van der Waals surface area contributed by atoms with Crippen LogP contribution in [0.1, 0.15) is 10.4 Å². The molecule has 0 aliphatic carbocycles. The van der Waals surface area contributed by atoms with Gasteiger partial charge >= 0.3 is 0 Å². The molecule has 0 unspecified atom stereocenters. The summed E-state index contributed by atoms with van der Waals surface area (Å²) in [5.41, 5.74) is 7.26. The molecule has 2 aromatic rings. The summed E-state index contributed by atoms with van der Waals surface area (Å²) in [6.45, 7) is 0. The molecule has 1 heterocycles. The van der Waals surface area contributed by atoms with Crippen molar-refractivity contribution in [2.45, 2.75) is 0 Å². The van der Waals surface area contributed by atoms with Gasteiger partial charge in [0.15, 0.2) is 0 Å². The van der Waals surface area contributed by atoms with Crippen LogP contribution in [0.15, 0.2) is 39.8 Å². The molecule has 7 heteroatoms. The average Bonchev–Trinajstić information content (AvgIpc) is 2.34. The largest absolute Gasteiger partial charge is 0.399 e. The molecule has 0 aliphatic rings. The number of hydrogen-bond acceptors (Lipinski definition) is 4. The van der Waals surface area contributed by atoms with E-state index in [1.165, 1.54) is 18.7 Å². The van der Waals surface area contributed by atoms with Crippen molar-refractivity contribution < 1.29 is 4.79 Å². The van der Waals surface area contributed by atoms with Gasteiger partial charge in [-0.05, 0) is 44.0 Å². The number of amides is 1. The van der Waals surface area contributed by atoms with Crippen molar-refractivity contribution in [3.8, 4) is 0 Å². The number of nitrogens with two attached hydrogens (primary N) is 1. The molecule has 2 rings (SSSR count). The van der Waals surface area contributed by atoms with Gasteiger partial charge in [0.1, 0.15) is 6.33 Å². The van der Waals surface area contributed by atoms with Crippen molar-refractivity contribution >= 4 is 49.1 Å². The number of nitrogens with one attached hydrogen (secondary N) is 1. The monoisotopic (exact) mass is 370 g/mol. The number of nitrogen functional groups attached to an aromatic ring is 1. The first-order valence-electron chi connectivity index (χ1n) is 4.89. The Balaban J connectivity index is 2.28. The lowest BCUT2D eigenvalue weighted by Crippen LogP contribution is -2.13. The maximum absolute atomic E-state index is 11.9. The summed E-state index contributed by atoms with van der Waals surface area (Å²) < 4.78 is 1.39. The molecule has 0 saturated carbocycles. The van der Waals surface area contributed by atoms with E-state index in [9.17, 15) is 4.79 Å². The molecular weight excluding hydrogens is 364 g/mol. The van der Waals surface area contributed by atoms with Crippen molar-refractivity contribution in [1.29, 1.82) is 0 Å². The number of aromatic nitrogens is 2. The van der Waals surface area contributed by atoms with E-state index in [2.05, 4.69) is 47.1 Å². The first-order valence-corrected chi connectivity index (χ1v) is 6.47. The fraction of sp³-hybridized carbons (Fsp3) is 0. The third kappa shape index (κ3) is 2.85. The Labute approximate surface area is 120 Å². The van der Waals surface area contributed by atoms with E-state index in [1.54, 1.807) is 12.1 Å². The quantitative estimate of drug-likeness (QED) is 0.795. The van der Waals surface area contributed by atoms with Gasteiger partial charge in [-0.3, -0.25) is 4.79 Å². The highest BCUT2D eigenvalue weighted by Crippen LogP contribution is 2.33. The number of rotatable bonds is 2. The standard InChI is InChI=1S/C11H8Br2N4O/c12-8-1-7(14)2-9(13)10(8)17-11(18)6-3-15-5-16-4-6/h1-5H,14H2,(H,17,18). The number of hydrogen-bond donors (Lipinski definition) is 2. The number of anilines is 2. The SMILES string of the molecule is Nc1cc(Br)c(NC(=O)c2cncnc2)c(Br)c1. The fourth-order valence-corrected chi connectivity index (χ4v) is 2.73. The Kier molecular flexibility index (Phi) is 3.93. The van der Waals surface area contributed by atoms with E-state index >= 15 is 0 Å². The summed E-state index contributed by atoms with van der Waals surface area (Å²) in [5.74, 6) is -0.290. The molecule has 0 spiro atoms.